The van der Waals surface area contributed by atoms with Crippen molar-refractivity contribution in [2.45, 2.75) is 13.3 Å². The van der Waals surface area contributed by atoms with E-state index in [-0.39, 0.29) is 17.8 Å². The Morgan fingerprint density at radius 2 is 2.18 bits per heavy atom. The summed E-state index contributed by atoms with van der Waals surface area (Å²) in [6, 6.07) is 5.36. The maximum Gasteiger partial charge on any atom is 0.299 e. The fourth-order valence-electron chi connectivity index (χ4n) is 1.14. The molecule has 0 atom stereocenters. The smallest absolute Gasteiger partial charge is 0.270 e. The number of halogens is 1. The second-order valence-electron chi connectivity index (χ2n) is 3.27. The molecule has 0 fully saturated rings. The first kappa shape index (κ1) is 13.4. The van der Waals surface area contributed by atoms with Gasteiger partial charge in [0.25, 0.3) is 10.2 Å². The van der Waals surface area contributed by atoms with Crippen LogP contribution < -0.4 is 9.44 Å². The Morgan fingerprint density at radius 1 is 1.47 bits per heavy atom. The van der Waals surface area contributed by atoms with Crippen LogP contribution in [0.5, 0.6) is 0 Å². The first-order chi connectivity index (χ1) is 8.00. The van der Waals surface area contributed by atoms with Crippen molar-refractivity contribution in [3.05, 3.63) is 29.6 Å². The quantitative estimate of drug-likeness (QED) is 0.835. The average Bonchev–Trinajstić information content (AvgIpc) is 2.26. The monoisotopic (exact) mass is 257 g/mol. The fourth-order valence-corrected chi connectivity index (χ4v) is 2.14. The van der Waals surface area contributed by atoms with Crippen LogP contribution in [0.4, 0.5) is 10.1 Å². The van der Waals surface area contributed by atoms with Gasteiger partial charge < -0.3 is 0 Å². The molecule has 0 bridgehead atoms. The maximum absolute atomic E-state index is 13.2. The standard InChI is InChI=1S/C10H12FN3O2S/c1-2-6-13-17(15,16)14-10-5-3-4-9(11)8(10)7-12/h3-5,13-14H,2,6H2,1H3. The zero-order valence-corrected chi connectivity index (χ0v) is 10.0. The summed E-state index contributed by atoms with van der Waals surface area (Å²) in [6.07, 6.45) is 0.634. The van der Waals surface area contributed by atoms with Crippen molar-refractivity contribution < 1.29 is 12.8 Å². The number of anilines is 1. The van der Waals surface area contributed by atoms with Gasteiger partial charge in [-0.25, -0.2) is 4.39 Å². The van der Waals surface area contributed by atoms with Crippen LogP contribution in [0.25, 0.3) is 0 Å². The van der Waals surface area contributed by atoms with E-state index in [1.54, 1.807) is 6.07 Å². The largest absolute Gasteiger partial charge is 0.299 e. The van der Waals surface area contributed by atoms with Gasteiger partial charge in [-0.15, -0.1) is 0 Å². The summed E-state index contributed by atoms with van der Waals surface area (Å²) >= 11 is 0. The summed E-state index contributed by atoms with van der Waals surface area (Å²) in [5, 5.41) is 8.73. The Labute approximate surface area is 99.4 Å². The summed E-state index contributed by atoms with van der Waals surface area (Å²) in [7, 11) is -3.76. The number of benzene rings is 1. The summed E-state index contributed by atoms with van der Waals surface area (Å²) in [5.41, 5.74) is -0.398. The van der Waals surface area contributed by atoms with E-state index in [1.807, 2.05) is 6.92 Å². The molecule has 0 aliphatic carbocycles. The minimum absolute atomic E-state index is 0.0731. The Hall–Kier alpha value is -1.65. The van der Waals surface area contributed by atoms with Gasteiger partial charge in [0.1, 0.15) is 17.4 Å². The Kier molecular flexibility index (Phi) is 4.43. The van der Waals surface area contributed by atoms with E-state index in [0.717, 1.165) is 6.07 Å². The highest BCUT2D eigenvalue weighted by molar-refractivity contribution is 7.90. The van der Waals surface area contributed by atoms with Crippen LogP contribution in [0.2, 0.25) is 0 Å². The number of hydrogen-bond acceptors (Lipinski definition) is 3. The third kappa shape index (κ3) is 3.69. The van der Waals surface area contributed by atoms with Gasteiger partial charge in [-0.2, -0.15) is 18.4 Å². The molecule has 0 saturated carbocycles. The molecule has 0 unspecified atom stereocenters. The molecular weight excluding hydrogens is 245 g/mol. The normalized spacial score (nSPS) is 10.9. The number of hydrogen-bond donors (Lipinski definition) is 2. The molecule has 0 heterocycles. The predicted octanol–water partition coefficient (Wildman–Crippen LogP) is 1.35. The highest BCUT2D eigenvalue weighted by Crippen LogP contribution is 2.18. The lowest BCUT2D eigenvalue weighted by Gasteiger charge is -2.09. The van der Waals surface area contributed by atoms with Crippen LogP contribution in [-0.4, -0.2) is 15.0 Å². The molecule has 0 aromatic heterocycles. The highest BCUT2D eigenvalue weighted by Gasteiger charge is 2.14. The van der Waals surface area contributed by atoms with Crippen molar-refractivity contribution >= 4 is 15.9 Å². The van der Waals surface area contributed by atoms with Crippen LogP contribution in [0.1, 0.15) is 18.9 Å². The third-order valence-electron chi connectivity index (χ3n) is 1.91. The zero-order chi connectivity index (χ0) is 12.9. The fraction of sp³-hybridized carbons (Fsp3) is 0.300. The lowest BCUT2D eigenvalue weighted by atomic mass is 10.2. The van der Waals surface area contributed by atoms with Crippen molar-refractivity contribution in [3.63, 3.8) is 0 Å². The Balaban J connectivity index is 2.97. The van der Waals surface area contributed by atoms with Gasteiger partial charge in [-0.1, -0.05) is 13.0 Å². The SMILES string of the molecule is CCCNS(=O)(=O)Nc1cccc(F)c1C#N. The first-order valence-electron chi connectivity index (χ1n) is 4.96. The third-order valence-corrected chi connectivity index (χ3v) is 2.98. The van der Waals surface area contributed by atoms with E-state index in [9.17, 15) is 12.8 Å². The van der Waals surface area contributed by atoms with Gasteiger partial charge in [0, 0.05) is 6.54 Å². The molecule has 0 aliphatic rings. The van der Waals surface area contributed by atoms with Crippen molar-refractivity contribution in [2.75, 3.05) is 11.3 Å². The molecule has 17 heavy (non-hydrogen) atoms. The Bertz CT molecular complexity index is 537. The van der Waals surface area contributed by atoms with Gasteiger partial charge in [0.2, 0.25) is 0 Å². The summed E-state index contributed by atoms with van der Waals surface area (Å²) < 4.78 is 40.5. The van der Waals surface area contributed by atoms with E-state index in [1.165, 1.54) is 12.1 Å². The van der Waals surface area contributed by atoms with E-state index >= 15 is 0 Å². The molecular formula is C10H12FN3O2S. The molecule has 1 rings (SSSR count). The summed E-state index contributed by atoms with van der Waals surface area (Å²) in [4.78, 5) is 0. The molecule has 0 amide bonds. The molecule has 1 aromatic carbocycles. The molecule has 0 aliphatic heterocycles. The molecule has 92 valence electrons. The molecule has 5 nitrogen and oxygen atoms in total. The van der Waals surface area contributed by atoms with Crippen LogP contribution in [0.15, 0.2) is 18.2 Å². The number of rotatable bonds is 5. The van der Waals surface area contributed by atoms with Crippen molar-refractivity contribution in [3.8, 4) is 6.07 Å². The number of nitrogens with one attached hydrogen (secondary N) is 2. The second-order valence-corrected chi connectivity index (χ2v) is 4.77. The van der Waals surface area contributed by atoms with Crippen LogP contribution >= 0.6 is 0 Å². The maximum atomic E-state index is 13.2. The van der Waals surface area contributed by atoms with E-state index in [4.69, 9.17) is 5.26 Å². The number of nitrogens with zero attached hydrogens (tertiary/aromatic N) is 1. The first-order valence-corrected chi connectivity index (χ1v) is 6.44. The predicted molar refractivity (Wildman–Crippen MR) is 62.0 cm³/mol. The van der Waals surface area contributed by atoms with Crippen molar-refractivity contribution in [1.29, 1.82) is 5.26 Å². The number of nitriles is 1. The molecule has 7 heteroatoms. The van der Waals surface area contributed by atoms with Crippen molar-refractivity contribution in [1.82, 2.24) is 4.72 Å². The molecule has 0 radical (unpaired) electrons. The summed E-state index contributed by atoms with van der Waals surface area (Å²) in [6.45, 7) is 2.08. The molecule has 2 N–H and O–H groups in total. The van der Waals surface area contributed by atoms with Gasteiger partial charge in [-0.05, 0) is 18.6 Å². The average molecular weight is 257 g/mol. The minimum Gasteiger partial charge on any atom is -0.270 e. The lowest BCUT2D eigenvalue weighted by Crippen LogP contribution is -2.31. The van der Waals surface area contributed by atoms with Gasteiger partial charge >= 0.3 is 0 Å². The second kappa shape index (κ2) is 5.61. The van der Waals surface area contributed by atoms with E-state index in [2.05, 4.69) is 9.44 Å². The molecule has 1 aromatic rings. The zero-order valence-electron chi connectivity index (χ0n) is 9.20. The van der Waals surface area contributed by atoms with Crippen LogP contribution in [-0.2, 0) is 10.2 Å². The summed E-state index contributed by atoms with van der Waals surface area (Å²) in [5.74, 6) is -0.761. The van der Waals surface area contributed by atoms with Crippen LogP contribution in [0.3, 0.4) is 0 Å². The van der Waals surface area contributed by atoms with Crippen LogP contribution in [0, 0.1) is 17.1 Å². The topological polar surface area (TPSA) is 82.0 Å². The molecule has 0 spiro atoms. The van der Waals surface area contributed by atoms with Gasteiger partial charge in [-0.3, -0.25) is 4.72 Å². The van der Waals surface area contributed by atoms with E-state index < -0.39 is 16.0 Å². The lowest BCUT2D eigenvalue weighted by molar-refractivity contribution is 0.586. The molecule has 0 saturated heterocycles. The van der Waals surface area contributed by atoms with Gasteiger partial charge in [0.05, 0.1) is 5.69 Å². The van der Waals surface area contributed by atoms with E-state index in [0.29, 0.717) is 6.42 Å². The highest BCUT2D eigenvalue weighted by atomic mass is 32.2. The van der Waals surface area contributed by atoms with Crippen molar-refractivity contribution in [2.24, 2.45) is 0 Å². The van der Waals surface area contributed by atoms with Gasteiger partial charge in [0.15, 0.2) is 0 Å². The minimum atomic E-state index is -3.76. The Morgan fingerprint density at radius 3 is 2.76 bits per heavy atom.